The van der Waals surface area contributed by atoms with Crippen molar-refractivity contribution in [3.8, 4) is 0 Å². The standard InChI is InChI=1S/C25H31F3N4O3/c26-25(27,28)21-6-7-22(29-19-21)31-14-12-30(13-15-31)16-17-35-23(33)32-10-8-24(34,9-11-32)18-20-4-2-1-3-5-20/h1-7,19,34H,8-18H2. The third kappa shape index (κ3) is 6.85. The Morgan fingerprint density at radius 2 is 1.69 bits per heavy atom. The molecule has 0 radical (unpaired) electrons. The second-order valence-electron chi connectivity index (χ2n) is 9.22. The number of likely N-dealkylation sites (tertiary alicyclic amines) is 1. The van der Waals surface area contributed by atoms with E-state index in [0.717, 1.165) is 17.8 Å². The molecule has 35 heavy (non-hydrogen) atoms. The van der Waals surface area contributed by atoms with E-state index in [2.05, 4.69) is 9.88 Å². The molecule has 7 nitrogen and oxygen atoms in total. The number of piperidine rings is 1. The lowest BCUT2D eigenvalue weighted by molar-refractivity contribution is -0.137. The number of rotatable bonds is 6. The predicted octanol–water partition coefficient (Wildman–Crippen LogP) is 3.43. The number of aliphatic hydroxyl groups is 1. The van der Waals surface area contributed by atoms with E-state index in [0.29, 0.717) is 70.9 Å². The predicted molar refractivity (Wildman–Crippen MR) is 125 cm³/mol. The summed E-state index contributed by atoms with van der Waals surface area (Å²) in [5.41, 5.74) is -0.476. The maximum Gasteiger partial charge on any atom is 0.417 e. The number of carbonyl (C=O) groups is 1. The van der Waals surface area contributed by atoms with Crippen LogP contribution in [0.15, 0.2) is 48.7 Å². The zero-order valence-electron chi connectivity index (χ0n) is 19.6. The van der Waals surface area contributed by atoms with Crippen LogP contribution in [-0.4, -0.2) is 84.0 Å². The monoisotopic (exact) mass is 492 g/mol. The van der Waals surface area contributed by atoms with Gasteiger partial charge in [0.25, 0.3) is 0 Å². The Hall–Kier alpha value is -2.85. The van der Waals surface area contributed by atoms with Crippen LogP contribution in [0.25, 0.3) is 0 Å². The van der Waals surface area contributed by atoms with Crippen molar-refractivity contribution in [3.05, 3.63) is 59.8 Å². The summed E-state index contributed by atoms with van der Waals surface area (Å²) < 4.78 is 43.6. The van der Waals surface area contributed by atoms with Gasteiger partial charge in [0.1, 0.15) is 12.4 Å². The summed E-state index contributed by atoms with van der Waals surface area (Å²) in [4.78, 5) is 22.2. The highest BCUT2D eigenvalue weighted by Gasteiger charge is 2.34. The minimum atomic E-state index is -4.39. The molecule has 0 bridgehead atoms. The number of amides is 1. The van der Waals surface area contributed by atoms with Gasteiger partial charge >= 0.3 is 12.3 Å². The molecule has 0 saturated carbocycles. The van der Waals surface area contributed by atoms with E-state index in [1.807, 2.05) is 35.2 Å². The van der Waals surface area contributed by atoms with Crippen molar-refractivity contribution in [1.82, 2.24) is 14.8 Å². The molecule has 0 spiro atoms. The number of aromatic nitrogens is 1. The molecule has 0 aliphatic carbocycles. The summed E-state index contributed by atoms with van der Waals surface area (Å²) in [6, 6.07) is 12.3. The normalized spacial score (nSPS) is 19.0. The van der Waals surface area contributed by atoms with Crippen LogP contribution in [0.4, 0.5) is 23.8 Å². The van der Waals surface area contributed by atoms with Crippen molar-refractivity contribution in [1.29, 1.82) is 0 Å². The second-order valence-corrected chi connectivity index (χ2v) is 9.22. The van der Waals surface area contributed by atoms with Crippen molar-refractivity contribution < 1.29 is 27.8 Å². The maximum atomic E-state index is 12.7. The van der Waals surface area contributed by atoms with E-state index in [4.69, 9.17) is 4.74 Å². The third-order valence-electron chi connectivity index (χ3n) is 6.73. The lowest BCUT2D eigenvalue weighted by Gasteiger charge is -2.38. The highest BCUT2D eigenvalue weighted by atomic mass is 19.4. The summed E-state index contributed by atoms with van der Waals surface area (Å²) in [5.74, 6) is 0.529. The molecule has 190 valence electrons. The van der Waals surface area contributed by atoms with Crippen LogP contribution < -0.4 is 4.90 Å². The molecule has 2 fully saturated rings. The number of hydrogen-bond acceptors (Lipinski definition) is 6. The van der Waals surface area contributed by atoms with Crippen LogP contribution >= 0.6 is 0 Å². The zero-order chi connectivity index (χ0) is 24.9. The Labute approximate surface area is 203 Å². The number of pyridine rings is 1. The quantitative estimate of drug-likeness (QED) is 0.667. The fourth-order valence-corrected chi connectivity index (χ4v) is 4.55. The number of hydrogen-bond donors (Lipinski definition) is 1. The van der Waals surface area contributed by atoms with Crippen LogP contribution in [0.2, 0.25) is 0 Å². The molecular weight excluding hydrogens is 461 g/mol. The molecule has 1 aromatic carbocycles. The largest absolute Gasteiger partial charge is 0.448 e. The lowest BCUT2D eigenvalue weighted by atomic mass is 9.85. The van der Waals surface area contributed by atoms with Crippen molar-refractivity contribution in [2.24, 2.45) is 0 Å². The highest BCUT2D eigenvalue weighted by Crippen LogP contribution is 2.29. The average molecular weight is 493 g/mol. The topological polar surface area (TPSA) is 69.1 Å². The van der Waals surface area contributed by atoms with E-state index in [1.165, 1.54) is 6.07 Å². The first-order valence-electron chi connectivity index (χ1n) is 11.9. The van der Waals surface area contributed by atoms with Crippen LogP contribution in [0, 0.1) is 0 Å². The molecule has 0 unspecified atom stereocenters. The lowest BCUT2D eigenvalue weighted by Crippen LogP contribution is -2.49. The van der Waals surface area contributed by atoms with E-state index in [9.17, 15) is 23.1 Å². The van der Waals surface area contributed by atoms with Gasteiger partial charge in [-0.3, -0.25) is 4.90 Å². The molecule has 2 aliphatic rings. The summed E-state index contributed by atoms with van der Waals surface area (Å²) >= 11 is 0. The number of halogens is 3. The molecule has 2 saturated heterocycles. The van der Waals surface area contributed by atoms with Gasteiger partial charge in [0.2, 0.25) is 0 Å². The molecule has 2 aromatic rings. The fourth-order valence-electron chi connectivity index (χ4n) is 4.55. The summed E-state index contributed by atoms with van der Waals surface area (Å²) in [6.07, 6.45) is -2.29. The molecule has 10 heteroatoms. The van der Waals surface area contributed by atoms with Gasteiger partial charge in [0.15, 0.2) is 0 Å². The van der Waals surface area contributed by atoms with Gasteiger partial charge in [-0.25, -0.2) is 9.78 Å². The van der Waals surface area contributed by atoms with Crippen LogP contribution in [0.5, 0.6) is 0 Å². The number of carbonyl (C=O) groups excluding carboxylic acids is 1. The Morgan fingerprint density at radius 1 is 1.00 bits per heavy atom. The van der Waals surface area contributed by atoms with Crippen molar-refractivity contribution in [3.63, 3.8) is 0 Å². The molecule has 1 amide bonds. The van der Waals surface area contributed by atoms with Gasteiger partial charge in [0.05, 0.1) is 11.2 Å². The van der Waals surface area contributed by atoms with Gasteiger partial charge in [-0.15, -0.1) is 0 Å². The SMILES string of the molecule is O=C(OCCN1CCN(c2ccc(C(F)(F)F)cn2)CC1)N1CCC(O)(Cc2ccccc2)CC1. The Morgan fingerprint density at radius 3 is 2.29 bits per heavy atom. The van der Waals surface area contributed by atoms with Crippen LogP contribution in [0.1, 0.15) is 24.0 Å². The number of piperazine rings is 1. The summed E-state index contributed by atoms with van der Waals surface area (Å²) in [5, 5.41) is 10.9. The molecule has 1 N–H and O–H groups in total. The molecule has 0 atom stereocenters. The number of ether oxygens (including phenoxy) is 1. The first-order valence-corrected chi connectivity index (χ1v) is 11.9. The molecule has 2 aliphatic heterocycles. The Bertz CT molecular complexity index is 956. The first kappa shape index (κ1) is 25.2. The smallest absolute Gasteiger partial charge is 0.417 e. The molecular formula is C25H31F3N4O3. The average Bonchev–Trinajstić information content (AvgIpc) is 2.85. The fraction of sp³-hybridized carbons (Fsp3) is 0.520. The zero-order valence-corrected chi connectivity index (χ0v) is 19.6. The molecule has 1 aromatic heterocycles. The second kappa shape index (κ2) is 10.8. The van der Waals surface area contributed by atoms with Gasteiger partial charge < -0.3 is 19.6 Å². The highest BCUT2D eigenvalue weighted by molar-refractivity contribution is 5.67. The first-order chi connectivity index (χ1) is 16.7. The van der Waals surface area contributed by atoms with Gasteiger partial charge in [-0.1, -0.05) is 30.3 Å². The van der Waals surface area contributed by atoms with E-state index < -0.39 is 17.3 Å². The third-order valence-corrected chi connectivity index (χ3v) is 6.73. The Kier molecular flexibility index (Phi) is 7.81. The Balaban J connectivity index is 1.14. The number of anilines is 1. The van der Waals surface area contributed by atoms with Crippen LogP contribution in [-0.2, 0) is 17.3 Å². The van der Waals surface area contributed by atoms with E-state index >= 15 is 0 Å². The van der Waals surface area contributed by atoms with Gasteiger partial charge in [0, 0.05) is 58.4 Å². The van der Waals surface area contributed by atoms with Crippen LogP contribution in [0.3, 0.4) is 0 Å². The van der Waals surface area contributed by atoms with Crippen molar-refractivity contribution in [2.45, 2.75) is 31.0 Å². The minimum Gasteiger partial charge on any atom is -0.448 e. The van der Waals surface area contributed by atoms with Crippen molar-refractivity contribution in [2.75, 3.05) is 57.3 Å². The summed E-state index contributed by atoms with van der Waals surface area (Å²) in [7, 11) is 0. The summed E-state index contributed by atoms with van der Waals surface area (Å²) in [6.45, 7) is 4.46. The van der Waals surface area contributed by atoms with Crippen molar-refractivity contribution >= 4 is 11.9 Å². The minimum absolute atomic E-state index is 0.266. The van der Waals surface area contributed by atoms with E-state index in [-0.39, 0.29) is 12.7 Å². The van der Waals surface area contributed by atoms with E-state index in [1.54, 1.807) is 4.90 Å². The van der Waals surface area contributed by atoms with Gasteiger partial charge in [-0.05, 0) is 30.5 Å². The number of nitrogens with zero attached hydrogens (tertiary/aromatic N) is 4. The molecule has 3 heterocycles. The number of alkyl halides is 3. The van der Waals surface area contributed by atoms with Gasteiger partial charge in [-0.2, -0.15) is 13.2 Å². The maximum absolute atomic E-state index is 12.7. The number of benzene rings is 1. The molecule has 4 rings (SSSR count).